The maximum absolute atomic E-state index is 13.9. The molecule has 0 saturated carbocycles. The number of aliphatic hydroxyl groups is 1. The highest BCUT2D eigenvalue weighted by molar-refractivity contribution is 5.92. The molecule has 4 rings (SSSR count). The zero-order valence-electron chi connectivity index (χ0n) is 27.1. The fourth-order valence-electron chi connectivity index (χ4n) is 5.79. The molecule has 1 saturated heterocycles. The van der Waals surface area contributed by atoms with Crippen molar-refractivity contribution in [2.24, 2.45) is 11.3 Å². The highest BCUT2D eigenvalue weighted by Crippen LogP contribution is 2.32. The Labute approximate surface area is 266 Å². The molecule has 0 aliphatic carbocycles. The van der Waals surface area contributed by atoms with Gasteiger partial charge in [0.15, 0.2) is 6.10 Å². The van der Waals surface area contributed by atoms with Gasteiger partial charge in [0.2, 0.25) is 17.6 Å². The number of amides is 2. The van der Waals surface area contributed by atoms with Crippen molar-refractivity contribution >= 4 is 17.8 Å². The Morgan fingerprint density at radius 3 is 2.13 bits per heavy atom. The number of rotatable bonds is 12. The van der Waals surface area contributed by atoms with Crippen LogP contribution in [0.1, 0.15) is 70.2 Å². The third-order valence-corrected chi connectivity index (χ3v) is 8.16. The van der Waals surface area contributed by atoms with Crippen molar-refractivity contribution < 1.29 is 29.0 Å². The molecule has 4 atom stereocenters. The Morgan fingerprint density at radius 1 is 0.933 bits per heavy atom. The Balaban J connectivity index is 1.50. The minimum absolute atomic E-state index is 0.300. The van der Waals surface area contributed by atoms with E-state index in [4.69, 9.17) is 9.47 Å². The molecule has 240 valence electrons. The number of hydrogen-bond acceptors (Lipinski definition) is 6. The summed E-state index contributed by atoms with van der Waals surface area (Å²) in [5, 5.41) is 15.8. The lowest BCUT2D eigenvalue weighted by atomic mass is 9.84. The van der Waals surface area contributed by atoms with Crippen molar-refractivity contribution in [3.05, 3.63) is 95.6 Å². The van der Waals surface area contributed by atoms with Gasteiger partial charge in [0, 0.05) is 13.8 Å². The Hall–Kier alpha value is -4.01. The van der Waals surface area contributed by atoms with E-state index >= 15 is 0 Å². The summed E-state index contributed by atoms with van der Waals surface area (Å²) in [4.78, 5) is 40.4. The van der Waals surface area contributed by atoms with Crippen LogP contribution in [0.5, 0.6) is 0 Å². The van der Waals surface area contributed by atoms with E-state index < -0.39 is 53.1 Å². The summed E-state index contributed by atoms with van der Waals surface area (Å²) >= 11 is 0. The summed E-state index contributed by atoms with van der Waals surface area (Å²) in [6.07, 6.45) is 0.565. The van der Waals surface area contributed by atoms with Gasteiger partial charge in [-0.3, -0.25) is 9.59 Å². The van der Waals surface area contributed by atoms with E-state index in [0.29, 0.717) is 19.3 Å². The molecule has 1 aliphatic rings. The van der Waals surface area contributed by atoms with Crippen LogP contribution in [0.15, 0.2) is 78.9 Å². The summed E-state index contributed by atoms with van der Waals surface area (Å²) < 4.78 is 11.3. The van der Waals surface area contributed by atoms with Gasteiger partial charge < -0.3 is 25.2 Å². The van der Waals surface area contributed by atoms with Crippen molar-refractivity contribution in [3.8, 4) is 11.1 Å². The number of ether oxygens (including phenoxy) is 2. The predicted octanol–water partition coefficient (Wildman–Crippen LogP) is 5.66. The molecule has 45 heavy (non-hydrogen) atoms. The van der Waals surface area contributed by atoms with E-state index in [1.165, 1.54) is 5.56 Å². The van der Waals surface area contributed by atoms with Gasteiger partial charge >= 0.3 is 5.97 Å². The fraction of sp³-hybridized carbons (Fsp3) is 0.432. The molecule has 0 aromatic heterocycles. The summed E-state index contributed by atoms with van der Waals surface area (Å²) in [6.45, 7) is 10.6. The Kier molecular flexibility index (Phi) is 10.8. The second-order valence-corrected chi connectivity index (χ2v) is 13.3. The van der Waals surface area contributed by atoms with Crippen LogP contribution in [-0.2, 0) is 30.3 Å². The van der Waals surface area contributed by atoms with E-state index in [1.54, 1.807) is 13.8 Å². The molecule has 8 heteroatoms. The lowest BCUT2D eigenvalue weighted by molar-refractivity contribution is -0.162. The normalized spacial score (nSPS) is 18.0. The maximum Gasteiger partial charge on any atom is 0.338 e. The fourth-order valence-corrected chi connectivity index (χ4v) is 5.79. The summed E-state index contributed by atoms with van der Waals surface area (Å²) in [7, 11) is 0. The van der Waals surface area contributed by atoms with E-state index in [2.05, 4.69) is 47.9 Å². The lowest BCUT2D eigenvalue weighted by Gasteiger charge is -2.33. The predicted molar refractivity (Wildman–Crippen MR) is 174 cm³/mol. The minimum atomic E-state index is -1.16. The van der Waals surface area contributed by atoms with Crippen LogP contribution in [0.2, 0.25) is 0 Å². The summed E-state index contributed by atoms with van der Waals surface area (Å²) in [5.74, 6) is -3.51. The zero-order chi connectivity index (χ0) is 32.8. The molecule has 0 radical (unpaired) electrons. The first kappa shape index (κ1) is 33.9. The van der Waals surface area contributed by atoms with E-state index in [1.807, 2.05) is 69.3 Å². The molecule has 0 unspecified atom stereocenters. The van der Waals surface area contributed by atoms with Crippen LogP contribution in [0.3, 0.4) is 0 Å². The first-order valence-corrected chi connectivity index (χ1v) is 15.6. The Bertz CT molecular complexity index is 1470. The SMILES string of the molecule is Cc1cc(CCC[C@@H](C(=O)N[C@H](C(=O)N[C@H](CO)c2ccccc2)C(C)(C)C)[C@@H]2OC(C)(C)OC2=O)ccc1-c1ccccc1. The number of cyclic esters (lactones) is 1. The minimum Gasteiger partial charge on any atom is -0.432 e. The molecule has 0 spiro atoms. The number of aryl methyl sites for hydroxylation is 2. The van der Waals surface area contributed by atoms with Crippen LogP contribution in [0.25, 0.3) is 11.1 Å². The standard InChI is InChI=1S/C37H46N2O6/c1-24-22-25(20-21-28(24)26-15-9-7-10-16-26)14-13-19-29(31-35(43)45-37(5,6)44-31)33(41)39-32(36(2,3)4)34(42)38-30(23-40)27-17-11-8-12-18-27/h7-12,15-18,20-22,29-32,40H,13-14,19,23H2,1-6H3,(H,38,42)(H,39,41)/t29-,30-,31+,32-/m1/s1. The molecule has 1 aliphatic heterocycles. The van der Waals surface area contributed by atoms with Crippen molar-refractivity contribution in [2.75, 3.05) is 6.61 Å². The quantitative estimate of drug-likeness (QED) is 0.227. The van der Waals surface area contributed by atoms with Crippen LogP contribution < -0.4 is 10.6 Å². The number of nitrogens with one attached hydrogen (secondary N) is 2. The molecule has 3 aromatic rings. The van der Waals surface area contributed by atoms with Crippen LogP contribution in [0, 0.1) is 18.3 Å². The molecule has 1 fully saturated rings. The van der Waals surface area contributed by atoms with Gasteiger partial charge in [-0.25, -0.2) is 4.79 Å². The van der Waals surface area contributed by atoms with Gasteiger partial charge in [0.1, 0.15) is 6.04 Å². The second-order valence-electron chi connectivity index (χ2n) is 13.3. The van der Waals surface area contributed by atoms with Gasteiger partial charge in [0.05, 0.1) is 18.6 Å². The molecule has 1 heterocycles. The average molecular weight is 615 g/mol. The van der Waals surface area contributed by atoms with E-state index in [-0.39, 0.29) is 6.61 Å². The number of hydrogen-bond donors (Lipinski definition) is 3. The van der Waals surface area contributed by atoms with Gasteiger partial charge in [-0.2, -0.15) is 0 Å². The number of aliphatic hydroxyl groups excluding tert-OH is 1. The van der Waals surface area contributed by atoms with Crippen molar-refractivity contribution in [1.82, 2.24) is 10.6 Å². The van der Waals surface area contributed by atoms with Gasteiger partial charge in [-0.05, 0) is 59.4 Å². The molecular weight excluding hydrogens is 568 g/mol. The van der Waals surface area contributed by atoms with Crippen molar-refractivity contribution in [1.29, 1.82) is 0 Å². The largest absolute Gasteiger partial charge is 0.432 e. The van der Waals surface area contributed by atoms with Crippen molar-refractivity contribution in [2.45, 2.75) is 84.8 Å². The van der Waals surface area contributed by atoms with Gasteiger partial charge in [-0.15, -0.1) is 0 Å². The maximum atomic E-state index is 13.9. The summed E-state index contributed by atoms with van der Waals surface area (Å²) in [6, 6.07) is 24.2. The second kappa shape index (κ2) is 14.4. The third kappa shape index (κ3) is 8.80. The molecular formula is C37H46N2O6. The molecule has 3 N–H and O–H groups in total. The third-order valence-electron chi connectivity index (χ3n) is 8.16. The first-order valence-electron chi connectivity index (χ1n) is 15.6. The lowest BCUT2D eigenvalue weighted by Crippen LogP contribution is -2.56. The zero-order valence-corrected chi connectivity index (χ0v) is 27.1. The average Bonchev–Trinajstić information content (AvgIpc) is 3.28. The van der Waals surface area contributed by atoms with E-state index in [9.17, 15) is 19.5 Å². The highest BCUT2D eigenvalue weighted by atomic mass is 16.8. The number of carbonyl (C=O) groups excluding carboxylic acids is 3. The molecule has 0 bridgehead atoms. The van der Waals surface area contributed by atoms with E-state index in [0.717, 1.165) is 22.3 Å². The molecule has 2 amide bonds. The van der Waals surface area contributed by atoms with Crippen molar-refractivity contribution in [3.63, 3.8) is 0 Å². The summed E-state index contributed by atoms with van der Waals surface area (Å²) in [5.41, 5.74) is 4.70. The smallest absolute Gasteiger partial charge is 0.338 e. The van der Waals surface area contributed by atoms with Gasteiger partial charge in [0.25, 0.3) is 0 Å². The molecule has 8 nitrogen and oxygen atoms in total. The number of esters is 1. The van der Waals surface area contributed by atoms with Gasteiger partial charge in [-0.1, -0.05) is 99.6 Å². The van der Waals surface area contributed by atoms with Crippen LogP contribution in [-0.4, -0.2) is 47.4 Å². The van der Waals surface area contributed by atoms with Crippen LogP contribution >= 0.6 is 0 Å². The topological polar surface area (TPSA) is 114 Å². The van der Waals surface area contributed by atoms with Crippen LogP contribution in [0.4, 0.5) is 0 Å². The number of benzene rings is 3. The molecule has 3 aromatic carbocycles. The Morgan fingerprint density at radius 2 is 1.58 bits per heavy atom. The first-order chi connectivity index (χ1) is 21.3. The number of carbonyl (C=O) groups is 3. The highest BCUT2D eigenvalue weighted by Gasteiger charge is 2.48. The monoisotopic (exact) mass is 614 g/mol.